The third-order valence-corrected chi connectivity index (χ3v) is 5.35. The molecule has 0 saturated carbocycles. The standard InChI is InChI=1S/C10H21N3O3S/c1-10(2,17(3,15)16)9(14)13-5-4-12-7-8(13)6-11/h8,12H,4-7,11H2,1-3H3. The number of carbonyl (C=O) groups excluding carboxylic acids is 1. The molecule has 1 unspecified atom stereocenters. The van der Waals surface area contributed by atoms with Crippen molar-refractivity contribution in [3.05, 3.63) is 0 Å². The van der Waals surface area contributed by atoms with E-state index in [9.17, 15) is 13.2 Å². The molecule has 0 aromatic heterocycles. The Morgan fingerprint density at radius 2 is 2.12 bits per heavy atom. The van der Waals surface area contributed by atoms with Crippen molar-refractivity contribution in [2.24, 2.45) is 5.73 Å². The van der Waals surface area contributed by atoms with Crippen molar-refractivity contribution >= 4 is 15.7 Å². The van der Waals surface area contributed by atoms with Gasteiger partial charge < -0.3 is 16.0 Å². The molecule has 17 heavy (non-hydrogen) atoms. The first-order valence-electron chi connectivity index (χ1n) is 5.63. The molecule has 1 fully saturated rings. The lowest BCUT2D eigenvalue weighted by Gasteiger charge is -2.39. The van der Waals surface area contributed by atoms with E-state index < -0.39 is 14.6 Å². The van der Waals surface area contributed by atoms with Gasteiger partial charge in [0, 0.05) is 32.4 Å². The average Bonchev–Trinajstić information content (AvgIpc) is 2.26. The molecule has 0 aromatic rings. The molecule has 0 spiro atoms. The fourth-order valence-electron chi connectivity index (χ4n) is 1.74. The molecule has 6 nitrogen and oxygen atoms in total. The second kappa shape index (κ2) is 4.91. The normalized spacial score (nSPS) is 22.6. The summed E-state index contributed by atoms with van der Waals surface area (Å²) in [7, 11) is -3.44. The zero-order chi connectivity index (χ0) is 13.3. The maximum Gasteiger partial charge on any atom is 0.243 e. The number of rotatable bonds is 3. The van der Waals surface area contributed by atoms with Crippen LogP contribution in [0.15, 0.2) is 0 Å². The zero-order valence-electron chi connectivity index (χ0n) is 10.6. The van der Waals surface area contributed by atoms with Crippen LogP contribution in [0.2, 0.25) is 0 Å². The van der Waals surface area contributed by atoms with Gasteiger partial charge in [0.1, 0.15) is 4.75 Å². The van der Waals surface area contributed by atoms with Crippen molar-refractivity contribution in [2.75, 3.05) is 32.4 Å². The Morgan fingerprint density at radius 1 is 1.53 bits per heavy atom. The predicted molar refractivity (Wildman–Crippen MR) is 66.3 cm³/mol. The van der Waals surface area contributed by atoms with Gasteiger partial charge in [-0.25, -0.2) is 8.42 Å². The van der Waals surface area contributed by atoms with Crippen LogP contribution in [0.25, 0.3) is 0 Å². The Hall–Kier alpha value is -0.660. The van der Waals surface area contributed by atoms with Crippen molar-refractivity contribution in [3.8, 4) is 0 Å². The van der Waals surface area contributed by atoms with Gasteiger partial charge in [0.2, 0.25) is 5.91 Å². The lowest BCUT2D eigenvalue weighted by atomic mass is 10.1. The molecule has 0 aliphatic carbocycles. The van der Waals surface area contributed by atoms with Gasteiger partial charge >= 0.3 is 0 Å². The number of carbonyl (C=O) groups is 1. The van der Waals surface area contributed by atoms with E-state index in [1.54, 1.807) is 4.90 Å². The predicted octanol–water partition coefficient (Wildman–Crippen LogP) is -1.43. The van der Waals surface area contributed by atoms with Crippen LogP contribution in [-0.4, -0.2) is 62.4 Å². The molecule has 7 heteroatoms. The van der Waals surface area contributed by atoms with Crippen LogP contribution >= 0.6 is 0 Å². The molecular formula is C10H21N3O3S. The van der Waals surface area contributed by atoms with E-state index in [0.29, 0.717) is 26.2 Å². The first kappa shape index (κ1) is 14.4. The number of piperazine rings is 1. The highest BCUT2D eigenvalue weighted by atomic mass is 32.2. The van der Waals surface area contributed by atoms with E-state index in [1.165, 1.54) is 13.8 Å². The average molecular weight is 263 g/mol. The van der Waals surface area contributed by atoms with Gasteiger partial charge in [0.15, 0.2) is 9.84 Å². The Labute approximate surface area is 102 Å². The van der Waals surface area contributed by atoms with Crippen LogP contribution in [0.3, 0.4) is 0 Å². The number of hydrogen-bond acceptors (Lipinski definition) is 5. The lowest BCUT2D eigenvalue weighted by Crippen LogP contribution is -2.61. The molecule has 0 bridgehead atoms. The third-order valence-electron chi connectivity index (χ3n) is 3.33. The highest BCUT2D eigenvalue weighted by Gasteiger charge is 2.43. The Morgan fingerprint density at radius 3 is 2.59 bits per heavy atom. The third kappa shape index (κ3) is 2.78. The minimum atomic E-state index is -3.44. The smallest absolute Gasteiger partial charge is 0.243 e. The first-order valence-corrected chi connectivity index (χ1v) is 7.52. The number of nitrogens with one attached hydrogen (secondary N) is 1. The summed E-state index contributed by atoms with van der Waals surface area (Å²) in [5, 5.41) is 3.14. The number of hydrogen-bond donors (Lipinski definition) is 2. The SMILES string of the molecule is CC(C)(C(=O)N1CCNCC1CN)S(C)(=O)=O. The molecule has 1 rings (SSSR count). The van der Waals surface area contributed by atoms with E-state index in [0.717, 1.165) is 6.26 Å². The van der Waals surface area contributed by atoms with Gasteiger partial charge in [-0.05, 0) is 13.8 Å². The molecular weight excluding hydrogens is 242 g/mol. The summed E-state index contributed by atoms with van der Waals surface area (Å²) < 4.78 is 21.9. The van der Waals surface area contributed by atoms with Crippen molar-refractivity contribution in [3.63, 3.8) is 0 Å². The molecule has 100 valence electrons. The summed E-state index contributed by atoms with van der Waals surface area (Å²) in [6.45, 7) is 5.00. The van der Waals surface area contributed by atoms with Crippen LogP contribution in [0.5, 0.6) is 0 Å². The van der Waals surface area contributed by atoms with Crippen LogP contribution in [0.4, 0.5) is 0 Å². The second-order valence-electron chi connectivity index (χ2n) is 4.87. The van der Waals surface area contributed by atoms with Crippen LogP contribution < -0.4 is 11.1 Å². The van der Waals surface area contributed by atoms with Crippen molar-refractivity contribution in [1.29, 1.82) is 0 Å². The summed E-state index contributed by atoms with van der Waals surface area (Å²) in [5.74, 6) is -0.364. The minimum Gasteiger partial charge on any atom is -0.335 e. The molecule has 0 radical (unpaired) electrons. The Bertz CT molecular complexity index is 392. The highest BCUT2D eigenvalue weighted by molar-refractivity contribution is 7.92. The van der Waals surface area contributed by atoms with Gasteiger partial charge in [-0.1, -0.05) is 0 Å². The van der Waals surface area contributed by atoms with Gasteiger partial charge in [-0.15, -0.1) is 0 Å². The van der Waals surface area contributed by atoms with Gasteiger partial charge in [0.05, 0.1) is 6.04 Å². The minimum absolute atomic E-state index is 0.128. The Kier molecular flexibility index (Phi) is 4.16. The number of amides is 1. The van der Waals surface area contributed by atoms with Crippen molar-refractivity contribution in [2.45, 2.75) is 24.6 Å². The molecule has 1 atom stereocenters. The molecule has 1 aliphatic rings. The number of nitrogens with zero attached hydrogens (tertiary/aromatic N) is 1. The first-order chi connectivity index (χ1) is 7.71. The van der Waals surface area contributed by atoms with Gasteiger partial charge in [0.25, 0.3) is 0 Å². The monoisotopic (exact) mass is 263 g/mol. The molecule has 0 aromatic carbocycles. The van der Waals surface area contributed by atoms with Crippen LogP contribution in [0, 0.1) is 0 Å². The topological polar surface area (TPSA) is 92.5 Å². The quantitative estimate of drug-likeness (QED) is 0.651. The second-order valence-corrected chi connectivity index (χ2v) is 7.44. The van der Waals surface area contributed by atoms with Crippen LogP contribution in [0.1, 0.15) is 13.8 Å². The highest BCUT2D eigenvalue weighted by Crippen LogP contribution is 2.20. The molecule has 1 aliphatic heterocycles. The summed E-state index contributed by atoms with van der Waals surface area (Å²) in [4.78, 5) is 13.9. The van der Waals surface area contributed by atoms with E-state index in [2.05, 4.69) is 5.32 Å². The molecule has 3 N–H and O–H groups in total. The van der Waals surface area contributed by atoms with E-state index in [-0.39, 0.29) is 11.9 Å². The maximum atomic E-state index is 12.3. The van der Waals surface area contributed by atoms with E-state index >= 15 is 0 Å². The van der Waals surface area contributed by atoms with E-state index in [1.807, 2.05) is 0 Å². The maximum absolute atomic E-state index is 12.3. The fraction of sp³-hybridized carbons (Fsp3) is 0.900. The largest absolute Gasteiger partial charge is 0.335 e. The zero-order valence-corrected chi connectivity index (χ0v) is 11.4. The van der Waals surface area contributed by atoms with Crippen molar-refractivity contribution < 1.29 is 13.2 Å². The summed E-state index contributed by atoms with van der Waals surface area (Å²) in [5.41, 5.74) is 5.60. The molecule has 1 amide bonds. The summed E-state index contributed by atoms with van der Waals surface area (Å²) in [6, 6.07) is -0.128. The van der Waals surface area contributed by atoms with Crippen LogP contribution in [-0.2, 0) is 14.6 Å². The fourth-order valence-corrected chi connectivity index (χ4v) is 2.18. The molecule has 1 heterocycles. The van der Waals surface area contributed by atoms with Gasteiger partial charge in [-0.2, -0.15) is 0 Å². The van der Waals surface area contributed by atoms with E-state index in [4.69, 9.17) is 5.73 Å². The van der Waals surface area contributed by atoms with Crippen molar-refractivity contribution in [1.82, 2.24) is 10.2 Å². The number of sulfone groups is 1. The summed E-state index contributed by atoms with van der Waals surface area (Å²) in [6.07, 6.45) is 1.09. The lowest BCUT2D eigenvalue weighted by molar-refractivity contribution is -0.136. The summed E-state index contributed by atoms with van der Waals surface area (Å²) >= 11 is 0. The molecule has 1 saturated heterocycles. The Balaban J connectivity index is 2.95. The van der Waals surface area contributed by atoms with Gasteiger partial charge in [-0.3, -0.25) is 4.79 Å². The number of nitrogens with two attached hydrogens (primary N) is 1.